The largest absolute Gasteiger partial charge is 0.243 e. The van der Waals surface area contributed by atoms with E-state index in [0.29, 0.717) is 6.04 Å². The Morgan fingerprint density at radius 2 is 2.11 bits per heavy atom. The molecule has 1 aliphatic rings. The van der Waals surface area contributed by atoms with E-state index in [1.807, 2.05) is 0 Å². The standard InChI is InChI=1S/C6H13NOS/c1-5-3-6(4-5)7-9(2)8/h5-7H,3-4H2,1-2H3. The first-order chi connectivity index (χ1) is 4.18. The molecule has 1 atom stereocenters. The van der Waals surface area contributed by atoms with Gasteiger partial charge in [-0.2, -0.15) is 0 Å². The summed E-state index contributed by atoms with van der Waals surface area (Å²) in [5, 5.41) is 0. The molecule has 1 fully saturated rings. The van der Waals surface area contributed by atoms with Crippen LogP contribution in [0.4, 0.5) is 0 Å². The van der Waals surface area contributed by atoms with Gasteiger partial charge in [0.05, 0.1) is 11.0 Å². The molecule has 1 unspecified atom stereocenters. The molecule has 0 aromatic heterocycles. The Morgan fingerprint density at radius 1 is 1.56 bits per heavy atom. The van der Waals surface area contributed by atoms with Crippen LogP contribution < -0.4 is 4.72 Å². The van der Waals surface area contributed by atoms with E-state index in [2.05, 4.69) is 11.6 Å². The second-order valence-corrected chi connectivity index (χ2v) is 3.99. The van der Waals surface area contributed by atoms with Crippen LogP contribution in [0.2, 0.25) is 0 Å². The average molecular weight is 147 g/mol. The Labute approximate surface area is 58.6 Å². The predicted octanol–water partition coefficient (Wildman–Crippen LogP) is 0.668. The maximum atomic E-state index is 10.6. The van der Waals surface area contributed by atoms with Crippen LogP contribution in [-0.2, 0) is 11.0 Å². The summed E-state index contributed by atoms with van der Waals surface area (Å²) in [6, 6.07) is 0.533. The van der Waals surface area contributed by atoms with Crippen molar-refractivity contribution in [3.05, 3.63) is 0 Å². The molecule has 1 saturated carbocycles. The molecule has 54 valence electrons. The summed E-state index contributed by atoms with van der Waals surface area (Å²) in [5.41, 5.74) is 0. The molecule has 0 amide bonds. The van der Waals surface area contributed by atoms with Gasteiger partial charge in [-0.25, -0.2) is 8.93 Å². The minimum absolute atomic E-state index is 0.533. The van der Waals surface area contributed by atoms with Crippen LogP contribution in [0, 0.1) is 5.92 Å². The molecule has 0 radical (unpaired) electrons. The van der Waals surface area contributed by atoms with Crippen molar-refractivity contribution in [2.75, 3.05) is 6.26 Å². The average Bonchev–Trinajstić information content (AvgIpc) is 1.60. The van der Waals surface area contributed by atoms with Crippen molar-refractivity contribution in [2.45, 2.75) is 25.8 Å². The van der Waals surface area contributed by atoms with Gasteiger partial charge in [-0.05, 0) is 18.8 Å². The normalized spacial score (nSPS) is 37.6. The summed E-state index contributed by atoms with van der Waals surface area (Å²) in [7, 11) is -0.809. The monoisotopic (exact) mass is 147 g/mol. The zero-order valence-corrected chi connectivity index (χ0v) is 6.70. The SMILES string of the molecule is CC1CC(NS(C)=O)C1. The summed E-state index contributed by atoms with van der Waals surface area (Å²) in [6.07, 6.45) is 4.07. The van der Waals surface area contributed by atoms with Gasteiger partial charge in [0.2, 0.25) is 0 Å². The molecule has 0 aromatic rings. The molecule has 1 rings (SSSR count). The molecule has 1 aliphatic carbocycles. The lowest BCUT2D eigenvalue weighted by molar-refractivity contribution is 0.273. The fourth-order valence-corrected chi connectivity index (χ4v) is 1.90. The van der Waals surface area contributed by atoms with Gasteiger partial charge in [0.15, 0.2) is 0 Å². The Hall–Kier alpha value is 0.110. The number of nitrogens with one attached hydrogen (secondary N) is 1. The summed E-state index contributed by atoms with van der Waals surface area (Å²) in [4.78, 5) is 0. The van der Waals surface area contributed by atoms with Crippen molar-refractivity contribution < 1.29 is 4.21 Å². The summed E-state index contributed by atoms with van der Waals surface area (Å²) < 4.78 is 13.5. The maximum absolute atomic E-state index is 10.6. The van der Waals surface area contributed by atoms with Crippen LogP contribution in [0.15, 0.2) is 0 Å². The van der Waals surface area contributed by atoms with Crippen LogP contribution in [0.1, 0.15) is 19.8 Å². The smallest absolute Gasteiger partial charge is 0.0886 e. The highest BCUT2D eigenvalue weighted by Crippen LogP contribution is 2.26. The Kier molecular flexibility index (Phi) is 2.24. The molecule has 1 N–H and O–H groups in total. The first-order valence-corrected chi connectivity index (χ1v) is 4.84. The minimum Gasteiger partial charge on any atom is -0.243 e. The minimum atomic E-state index is -0.809. The molecular weight excluding hydrogens is 134 g/mol. The van der Waals surface area contributed by atoms with Gasteiger partial charge >= 0.3 is 0 Å². The van der Waals surface area contributed by atoms with Crippen LogP contribution in [-0.4, -0.2) is 16.5 Å². The third kappa shape index (κ3) is 2.06. The van der Waals surface area contributed by atoms with Gasteiger partial charge in [-0.1, -0.05) is 6.92 Å². The number of hydrogen-bond donors (Lipinski definition) is 1. The summed E-state index contributed by atoms with van der Waals surface area (Å²) in [5.74, 6) is 0.839. The predicted molar refractivity (Wildman–Crippen MR) is 39.4 cm³/mol. The molecule has 0 saturated heterocycles. The highest BCUT2D eigenvalue weighted by Gasteiger charge is 2.25. The number of hydrogen-bond acceptors (Lipinski definition) is 1. The van der Waals surface area contributed by atoms with E-state index in [4.69, 9.17) is 0 Å². The molecule has 0 aromatic carbocycles. The lowest BCUT2D eigenvalue weighted by atomic mass is 9.83. The fourth-order valence-electron chi connectivity index (χ4n) is 1.23. The van der Waals surface area contributed by atoms with Gasteiger partial charge in [-0.15, -0.1) is 0 Å². The van der Waals surface area contributed by atoms with Crippen LogP contribution in [0.25, 0.3) is 0 Å². The molecule has 2 nitrogen and oxygen atoms in total. The maximum Gasteiger partial charge on any atom is 0.0886 e. The van der Waals surface area contributed by atoms with Crippen molar-refractivity contribution in [1.82, 2.24) is 4.72 Å². The third-order valence-electron chi connectivity index (χ3n) is 1.71. The molecule has 0 spiro atoms. The van der Waals surface area contributed by atoms with Crippen molar-refractivity contribution in [3.8, 4) is 0 Å². The molecule has 9 heavy (non-hydrogen) atoms. The Balaban J connectivity index is 2.11. The van der Waals surface area contributed by atoms with Gasteiger partial charge in [0.1, 0.15) is 0 Å². The van der Waals surface area contributed by atoms with Crippen LogP contribution in [0.5, 0.6) is 0 Å². The van der Waals surface area contributed by atoms with E-state index in [-0.39, 0.29) is 0 Å². The van der Waals surface area contributed by atoms with E-state index < -0.39 is 11.0 Å². The summed E-state index contributed by atoms with van der Waals surface area (Å²) >= 11 is 0. The highest BCUT2D eigenvalue weighted by molar-refractivity contribution is 7.82. The first kappa shape index (κ1) is 7.22. The lowest BCUT2D eigenvalue weighted by Crippen LogP contribution is -2.40. The molecule has 0 bridgehead atoms. The van der Waals surface area contributed by atoms with E-state index in [9.17, 15) is 4.21 Å². The number of rotatable bonds is 2. The topological polar surface area (TPSA) is 29.1 Å². The van der Waals surface area contributed by atoms with Crippen molar-refractivity contribution in [1.29, 1.82) is 0 Å². The van der Waals surface area contributed by atoms with Gasteiger partial charge in [-0.3, -0.25) is 0 Å². The third-order valence-corrected chi connectivity index (χ3v) is 2.37. The first-order valence-electron chi connectivity index (χ1n) is 3.28. The van der Waals surface area contributed by atoms with Crippen molar-refractivity contribution >= 4 is 11.0 Å². The zero-order valence-electron chi connectivity index (χ0n) is 5.89. The van der Waals surface area contributed by atoms with Crippen molar-refractivity contribution in [3.63, 3.8) is 0 Å². The highest BCUT2D eigenvalue weighted by atomic mass is 32.2. The second kappa shape index (κ2) is 2.80. The van der Waals surface area contributed by atoms with Gasteiger partial charge in [0, 0.05) is 12.3 Å². The van der Waals surface area contributed by atoms with E-state index in [1.54, 1.807) is 6.26 Å². The van der Waals surface area contributed by atoms with E-state index in [1.165, 1.54) is 12.8 Å². The van der Waals surface area contributed by atoms with Gasteiger partial charge in [0.25, 0.3) is 0 Å². The molecule has 0 heterocycles. The molecule has 3 heteroatoms. The van der Waals surface area contributed by atoms with E-state index in [0.717, 1.165) is 5.92 Å². The van der Waals surface area contributed by atoms with E-state index >= 15 is 0 Å². The van der Waals surface area contributed by atoms with Crippen LogP contribution in [0.3, 0.4) is 0 Å². The second-order valence-electron chi connectivity index (χ2n) is 2.85. The Morgan fingerprint density at radius 3 is 2.44 bits per heavy atom. The Bertz CT molecular complexity index is 120. The quantitative estimate of drug-likeness (QED) is 0.611. The lowest BCUT2D eigenvalue weighted by Gasteiger charge is -2.32. The summed E-state index contributed by atoms with van der Waals surface area (Å²) in [6.45, 7) is 2.22. The fraction of sp³-hybridized carbons (Fsp3) is 1.00. The zero-order chi connectivity index (χ0) is 6.85. The van der Waals surface area contributed by atoms with Crippen LogP contribution >= 0.6 is 0 Å². The van der Waals surface area contributed by atoms with Gasteiger partial charge < -0.3 is 0 Å². The van der Waals surface area contributed by atoms with Crippen molar-refractivity contribution in [2.24, 2.45) is 5.92 Å². The molecule has 0 aliphatic heterocycles. The molecular formula is C6H13NOS.